The fourth-order valence-corrected chi connectivity index (χ4v) is 4.79. The van der Waals surface area contributed by atoms with Crippen molar-refractivity contribution < 1.29 is 14.3 Å². The predicted octanol–water partition coefficient (Wildman–Crippen LogP) is 5.39. The fourth-order valence-electron chi connectivity index (χ4n) is 4.59. The molecule has 6 nitrogen and oxygen atoms in total. The zero-order valence-electron chi connectivity index (χ0n) is 20.9. The molecule has 0 saturated carbocycles. The molecule has 1 amide bonds. The van der Waals surface area contributed by atoms with E-state index in [2.05, 4.69) is 39.5 Å². The van der Waals surface area contributed by atoms with Crippen molar-refractivity contribution in [3.63, 3.8) is 0 Å². The first-order chi connectivity index (χ1) is 18.1. The maximum absolute atomic E-state index is 12.6. The van der Waals surface area contributed by atoms with E-state index in [0.29, 0.717) is 30.5 Å². The Morgan fingerprint density at radius 1 is 1.03 bits per heavy atom. The maximum Gasteiger partial charge on any atom is 0.258 e. The van der Waals surface area contributed by atoms with E-state index in [-0.39, 0.29) is 12.5 Å². The van der Waals surface area contributed by atoms with Crippen LogP contribution in [0.2, 0.25) is 5.02 Å². The second-order valence-electron chi connectivity index (χ2n) is 9.20. The zero-order valence-corrected chi connectivity index (χ0v) is 21.6. The van der Waals surface area contributed by atoms with Crippen molar-refractivity contribution in [1.82, 2.24) is 15.2 Å². The Balaban J connectivity index is 1.37. The van der Waals surface area contributed by atoms with Crippen LogP contribution in [-0.2, 0) is 22.6 Å². The summed E-state index contributed by atoms with van der Waals surface area (Å²) in [6.45, 7) is 6.17. The van der Waals surface area contributed by atoms with Crippen LogP contribution < -0.4 is 10.1 Å². The minimum Gasteiger partial charge on any atom is -0.483 e. The van der Waals surface area contributed by atoms with E-state index in [0.717, 1.165) is 58.5 Å². The summed E-state index contributed by atoms with van der Waals surface area (Å²) in [5.41, 5.74) is 6.09. The molecular weight excluding hydrogens is 486 g/mol. The molecule has 1 aliphatic rings. The number of benzene rings is 3. The molecule has 3 aromatic carbocycles. The highest BCUT2D eigenvalue weighted by atomic mass is 35.5. The molecule has 1 aromatic heterocycles. The quantitative estimate of drug-likeness (QED) is 0.341. The normalized spacial score (nSPS) is 14.0. The molecule has 1 fully saturated rings. The number of morpholine rings is 1. The molecule has 1 saturated heterocycles. The molecule has 0 bridgehead atoms. The number of fused-ring (bicyclic) bond motifs is 1. The lowest BCUT2D eigenvalue weighted by Gasteiger charge is -2.27. The number of rotatable bonds is 8. The Kier molecular flexibility index (Phi) is 7.99. The minimum absolute atomic E-state index is 0.0722. The number of halogens is 1. The second kappa shape index (κ2) is 11.7. The van der Waals surface area contributed by atoms with Gasteiger partial charge in [0.2, 0.25) is 0 Å². The third-order valence-electron chi connectivity index (χ3n) is 6.51. The predicted molar refractivity (Wildman–Crippen MR) is 147 cm³/mol. The SMILES string of the molecule is Cc1cc(-c2ccc(OCC(=O)NCc3ccccc3Cl)c(CN3CCOCC3)c2)c2ccccc2n1. The van der Waals surface area contributed by atoms with Crippen LogP contribution in [-0.4, -0.2) is 48.7 Å². The maximum atomic E-state index is 12.6. The molecule has 190 valence electrons. The molecular formula is C30H30ClN3O3. The van der Waals surface area contributed by atoms with Crippen molar-refractivity contribution in [3.05, 3.63) is 94.6 Å². The van der Waals surface area contributed by atoms with Gasteiger partial charge >= 0.3 is 0 Å². The van der Waals surface area contributed by atoms with Crippen LogP contribution in [0.25, 0.3) is 22.0 Å². The number of nitrogens with zero attached hydrogens (tertiary/aromatic N) is 2. The number of amides is 1. The molecule has 1 aliphatic heterocycles. The van der Waals surface area contributed by atoms with Gasteiger partial charge in [0.15, 0.2) is 6.61 Å². The van der Waals surface area contributed by atoms with Crippen molar-refractivity contribution >= 4 is 28.4 Å². The summed E-state index contributed by atoms with van der Waals surface area (Å²) in [7, 11) is 0. The number of ether oxygens (including phenoxy) is 2. The number of carbonyl (C=O) groups excluding carboxylic acids is 1. The van der Waals surface area contributed by atoms with E-state index in [1.165, 1.54) is 0 Å². The van der Waals surface area contributed by atoms with Gasteiger partial charge in [-0.25, -0.2) is 0 Å². The first-order valence-electron chi connectivity index (χ1n) is 12.5. The van der Waals surface area contributed by atoms with Crippen molar-refractivity contribution in [2.24, 2.45) is 0 Å². The van der Waals surface area contributed by atoms with Gasteiger partial charge in [-0.05, 0) is 53.9 Å². The average molecular weight is 516 g/mol. The van der Waals surface area contributed by atoms with E-state index < -0.39 is 0 Å². The molecule has 1 N–H and O–H groups in total. The summed E-state index contributed by atoms with van der Waals surface area (Å²) in [6, 6.07) is 24.0. The monoisotopic (exact) mass is 515 g/mol. The number of para-hydroxylation sites is 1. The lowest BCUT2D eigenvalue weighted by molar-refractivity contribution is -0.123. The largest absolute Gasteiger partial charge is 0.483 e. The lowest BCUT2D eigenvalue weighted by atomic mass is 9.98. The van der Waals surface area contributed by atoms with E-state index in [4.69, 9.17) is 21.1 Å². The minimum atomic E-state index is -0.197. The van der Waals surface area contributed by atoms with Crippen molar-refractivity contribution in [3.8, 4) is 16.9 Å². The topological polar surface area (TPSA) is 63.7 Å². The van der Waals surface area contributed by atoms with Crippen LogP contribution in [0.15, 0.2) is 72.8 Å². The third-order valence-corrected chi connectivity index (χ3v) is 6.87. The van der Waals surface area contributed by atoms with Gasteiger partial charge in [-0.15, -0.1) is 0 Å². The van der Waals surface area contributed by atoms with E-state index in [9.17, 15) is 4.79 Å². The van der Waals surface area contributed by atoms with Gasteiger partial charge in [-0.3, -0.25) is 14.7 Å². The van der Waals surface area contributed by atoms with Crippen LogP contribution in [0, 0.1) is 6.92 Å². The number of aromatic nitrogens is 1. The molecule has 0 aliphatic carbocycles. The summed E-state index contributed by atoms with van der Waals surface area (Å²) in [6.07, 6.45) is 0. The number of hydrogen-bond acceptors (Lipinski definition) is 5. The third kappa shape index (κ3) is 6.28. The number of hydrogen-bond donors (Lipinski definition) is 1. The zero-order chi connectivity index (χ0) is 25.6. The Bertz CT molecular complexity index is 1400. The van der Waals surface area contributed by atoms with E-state index in [1.54, 1.807) is 0 Å². The van der Waals surface area contributed by atoms with Crippen LogP contribution in [0.3, 0.4) is 0 Å². The first-order valence-corrected chi connectivity index (χ1v) is 12.9. The van der Waals surface area contributed by atoms with E-state index in [1.807, 2.05) is 55.5 Å². The fraction of sp³-hybridized carbons (Fsp3) is 0.267. The highest BCUT2D eigenvalue weighted by molar-refractivity contribution is 6.31. The van der Waals surface area contributed by atoms with Crippen molar-refractivity contribution in [2.75, 3.05) is 32.9 Å². The standard InChI is InChI=1S/C30H30ClN3O3/c1-21-16-26(25-7-3-5-9-28(25)33-21)22-10-11-29(24(17-22)19-34-12-14-36-15-13-34)37-20-30(35)32-18-23-6-2-4-8-27(23)31/h2-11,16-17H,12-15,18-20H2,1H3,(H,32,35). The molecule has 7 heteroatoms. The van der Waals surface area contributed by atoms with Gasteiger partial charge in [0, 0.05) is 47.8 Å². The lowest BCUT2D eigenvalue weighted by Crippen LogP contribution is -2.35. The average Bonchev–Trinajstić information content (AvgIpc) is 2.92. The molecule has 4 aromatic rings. The summed E-state index contributed by atoms with van der Waals surface area (Å²) in [4.78, 5) is 19.6. The molecule has 0 spiro atoms. The Morgan fingerprint density at radius 3 is 2.65 bits per heavy atom. The number of carbonyl (C=O) groups is 1. The Morgan fingerprint density at radius 2 is 1.81 bits per heavy atom. The van der Waals surface area contributed by atoms with Crippen molar-refractivity contribution in [2.45, 2.75) is 20.0 Å². The molecule has 2 heterocycles. The van der Waals surface area contributed by atoms with Gasteiger partial charge in [0.25, 0.3) is 5.91 Å². The summed E-state index contributed by atoms with van der Waals surface area (Å²) < 4.78 is 11.6. The van der Waals surface area contributed by atoms with Gasteiger partial charge in [-0.2, -0.15) is 0 Å². The molecule has 37 heavy (non-hydrogen) atoms. The first kappa shape index (κ1) is 25.2. The van der Waals surface area contributed by atoms with Crippen LogP contribution in [0.5, 0.6) is 5.75 Å². The van der Waals surface area contributed by atoms with Crippen LogP contribution in [0.4, 0.5) is 0 Å². The molecule has 0 radical (unpaired) electrons. The Hall–Kier alpha value is -3.45. The van der Waals surface area contributed by atoms with E-state index >= 15 is 0 Å². The summed E-state index contributed by atoms with van der Waals surface area (Å²) in [5.74, 6) is 0.510. The highest BCUT2D eigenvalue weighted by Gasteiger charge is 2.17. The van der Waals surface area contributed by atoms with Gasteiger partial charge < -0.3 is 14.8 Å². The van der Waals surface area contributed by atoms with Gasteiger partial charge in [0.05, 0.1) is 18.7 Å². The number of pyridine rings is 1. The highest BCUT2D eigenvalue weighted by Crippen LogP contribution is 2.33. The summed E-state index contributed by atoms with van der Waals surface area (Å²) in [5, 5.41) is 4.63. The van der Waals surface area contributed by atoms with Gasteiger partial charge in [-0.1, -0.05) is 54.1 Å². The molecule has 0 atom stereocenters. The smallest absolute Gasteiger partial charge is 0.258 e. The summed E-state index contributed by atoms with van der Waals surface area (Å²) >= 11 is 6.21. The number of aryl methyl sites for hydroxylation is 1. The van der Waals surface area contributed by atoms with Crippen LogP contribution >= 0.6 is 11.6 Å². The molecule has 0 unspecified atom stereocenters. The number of nitrogens with one attached hydrogen (secondary N) is 1. The Labute approximate surface area is 222 Å². The van der Waals surface area contributed by atoms with Crippen LogP contribution in [0.1, 0.15) is 16.8 Å². The van der Waals surface area contributed by atoms with Crippen molar-refractivity contribution in [1.29, 1.82) is 0 Å². The van der Waals surface area contributed by atoms with Gasteiger partial charge in [0.1, 0.15) is 5.75 Å². The molecule has 5 rings (SSSR count). The second-order valence-corrected chi connectivity index (χ2v) is 9.60.